The molecule has 2 heteroatoms. The maximum Gasteiger partial charge on any atom is 0.0674 e. The van der Waals surface area contributed by atoms with Crippen molar-refractivity contribution in [2.45, 2.75) is 26.4 Å². The SMILES string of the molecule is CC=C(C)[SiH2]C(C)N. The van der Waals surface area contributed by atoms with Gasteiger partial charge in [-0.3, -0.25) is 0 Å². The fourth-order valence-corrected chi connectivity index (χ4v) is 1.88. The molecule has 0 heterocycles. The van der Waals surface area contributed by atoms with Crippen molar-refractivity contribution in [3.63, 3.8) is 0 Å². The fourth-order valence-electron chi connectivity index (χ4n) is 0.626. The number of hydrogen-bond donors (Lipinski definition) is 1. The van der Waals surface area contributed by atoms with E-state index < -0.39 is 0 Å². The monoisotopic (exact) mass is 129 g/mol. The van der Waals surface area contributed by atoms with Crippen LogP contribution in [0.15, 0.2) is 11.3 Å². The van der Waals surface area contributed by atoms with Crippen molar-refractivity contribution < 1.29 is 0 Å². The molecule has 0 aromatic rings. The van der Waals surface area contributed by atoms with Gasteiger partial charge in [-0.25, -0.2) is 0 Å². The molecular weight excluding hydrogens is 114 g/mol. The van der Waals surface area contributed by atoms with E-state index in [-0.39, 0.29) is 9.52 Å². The van der Waals surface area contributed by atoms with Crippen molar-refractivity contribution in [3.05, 3.63) is 11.3 Å². The Bertz CT molecular complexity index is 86.5. The number of rotatable bonds is 2. The van der Waals surface area contributed by atoms with E-state index in [0.29, 0.717) is 5.67 Å². The Kier molecular flexibility index (Phi) is 3.82. The van der Waals surface area contributed by atoms with Gasteiger partial charge < -0.3 is 5.73 Å². The van der Waals surface area contributed by atoms with E-state index in [4.69, 9.17) is 5.73 Å². The first-order valence-corrected chi connectivity index (χ1v) is 4.56. The Morgan fingerprint density at radius 2 is 2.25 bits per heavy atom. The van der Waals surface area contributed by atoms with Crippen LogP contribution < -0.4 is 5.73 Å². The van der Waals surface area contributed by atoms with Gasteiger partial charge in [-0.2, -0.15) is 0 Å². The third-order valence-electron chi connectivity index (χ3n) is 1.14. The first kappa shape index (κ1) is 7.92. The molecule has 0 aromatic heterocycles. The van der Waals surface area contributed by atoms with Crippen molar-refractivity contribution in [3.8, 4) is 0 Å². The second kappa shape index (κ2) is 3.86. The molecule has 0 fully saturated rings. The van der Waals surface area contributed by atoms with Gasteiger partial charge in [0.25, 0.3) is 0 Å². The molecule has 0 bridgehead atoms. The van der Waals surface area contributed by atoms with Gasteiger partial charge in [-0.05, 0) is 19.5 Å². The summed E-state index contributed by atoms with van der Waals surface area (Å²) in [7, 11) is -0.0907. The van der Waals surface area contributed by atoms with Crippen molar-refractivity contribution >= 4 is 9.52 Å². The van der Waals surface area contributed by atoms with Gasteiger partial charge in [-0.1, -0.05) is 18.2 Å². The summed E-state index contributed by atoms with van der Waals surface area (Å²) in [5.74, 6) is 0. The third kappa shape index (κ3) is 4.09. The minimum absolute atomic E-state index is 0.0907. The molecule has 0 amide bonds. The molecule has 0 aliphatic rings. The molecule has 1 nitrogen and oxygen atoms in total. The number of nitrogens with two attached hydrogens (primary N) is 1. The largest absolute Gasteiger partial charge is 0.331 e. The average Bonchev–Trinajstić information content (AvgIpc) is 1.65. The van der Waals surface area contributed by atoms with Crippen LogP contribution in [-0.4, -0.2) is 15.2 Å². The first-order valence-electron chi connectivity index (χ1n) is 3.04. The normalized spacial score (nSPS) is 17.8. The van der Waals surface area contributed by atoms with Crippen molar-refractivity contribution in [1.29, 1.82) is 0 Å². The van der Waals surface area contributed by atoms with Gasteiger partial charge in [0.05, 0.1) is 9.52 Å². The minimum Gasteiger partial charge on any atom is -0.331 e. The van der Waals surface area contributed by atoms with E-state index in [9.17, 15) is 0 Å². The molecule has 0 aromatic carbocycles. The predicted molar refractivity (Wildman–Crippen MR) is 41.6 cm³/mol. The molecule has 1 unspecified atom stereocenters. The zero-order chi connectivity index (χ0) is 6.57. The van der Waals surface area contributed by atoms with E-state index in [1.165, 1.54) is 5.20 Å². The van der Waals surface area contributed by atoms with Crippen LogP contribution in [0.1, 0.15) is 20.8 Å². The van der Waals surface area contributed by atoms with Crippen LogP contribution in [0.3, 0.4) is 0 Å². The fraction of sp³-hybridized carbons (Fsp3) is 0.667. The van der Waals surface area contributed by atoms with E-state index in [1.807, 2.05) is 0 Å². The lowest BCUT2D eigenvalue weighted by Crippen LogP contribution is -2.23. The average molecular weight is 129 g/mol. The Labute approximate surface area is 53.8 Å². The molecular formula is C6H15NSi. The summed E-state index contributed by atoms with van der Waals surface area (Å²) in [6, 6.07) is 0. The van der Waals surface area contributed by atoms with Gasteiger partial charge in [0.2, 0.25) is 0 Å². The summed E-state index contributed by atoms with van der Waals surface area (Å²) in [4.78, 5) is 0. The number of hydrogen-bond acceptors (Lipinski definition) is 1. The van der Waals surface area contributed by atoms with Crippen LogP contribution >= 0.6 is 0 Å². The highest BCUT2D eigenvalue weighted by atomic mass is 28.2. The molecule has 0 saturated carbocycles. The summed E-state index contributed by atoms with van der Waals surface area (Å²) in [5, 5.41) is 1.51. The lowest BCUT2D eigenvalue weighted by atomic mass is 10.6. The lowest BCUT2D eigenvalue weighted by molar-refractivity contribution is 1.01. The standard InChI is InChI=1S/C6H15NSi/c1-4-5(2)8-6(3)7/h4,6H,7-8H2,1-3H3. The lowest BCUT2D eigenvalue weighted by Gasteiger charge is -2.01. The third-order valence-corrected chi connectivity index (χ3v) is 2.83. The van der Waals surface area contributed by atoms with E-state index >= 15 is 0 Å². The Hall–Kier alpha value is -0.0831. The topological polar surface area (TPSA) is 26.0 Å². The molecule has 2 N–H and O–H groups in total. The molecule has 0 rings (SSSR count). The van der Waals surface area contributed by atoms with Crippen LogP contribution in [-0.2, 0) is 0 Å². The number of allylic oxidation sites excluding steroid dienone is 2. The summed E-state index contributed by atoms with van der Waals surface area (Å²) in [5.41, 5.74) is 6.04. The van der Waals surface area contributed by atoms with Crippen LogP contribution in [0, 0.1) is 0 Å². The Morgan fingerprint density at radius 1 is 1.75 bits per heavy atom. The van der Waals surface area contributed by atoms with Crippen LogP contribution in [0.25, 0.3) is 0 Å². The highest BCUT2D eigenvalue weighted by Crippen LogP contribution is 1.88. The highest BCUT2D eigenvalue weighted by molar-refractivity contribution is 6.46. The summed E-state index contributed by atoms with van der Waals surface area (Å²) in [6.07, 6.45) is 2.16. The van der Waals surface area contributed by atoms with Crippen molar-refractivity contribution in [2.75, 3.05) is 0 Å². The molecule has 1 atom stereocenters. The molecule has 0 spiro atoms. The molecule has 0 radical (unpaired) electrons. The van der Waals surface area contributed by atoms with Gasteiger partial charge in [-0.15, -0.1) is 0 Å². The van der Waals surface area contributed by atoms with Gasteiger partial charge in [0.15, 0.2) is 0 Å². The van der Waals surface area contributed by atoms with Crippen LogP contribution in [0.5, 0.6) is 0 Å². The summed E-state index contributed by atoms with van der Waals surface area (Å²) in [6.45, 7) is 6.32. The minimum atomic E-state index is -0.0907. The summed E-state index contributed by atoms with van der Waals surface area (Å²) < 4.78 is 0. The quantitative estimate of drug-likeness (QED) is 0.536. The first-order chi connectivity index (χ1) is 3.66. The second-order valence-electron chi connectivity index (χ2n) is 2.32. The zero-order valence-corrected chi connectivity index (χ0v) is 7.35. The van der Waals surface area contributed by atoms with Gasteiger partial charge in [0, 0.05) is 0 Å². The Morgan fingerprint density at radius 3 is 2.38 bits per heavy atom. The van der Waals surface area contributed by atoms with E-state index in [2.05, 4.69) is 26.8 Å². The van der Waals surface area contributed by atoms with Gasteiger partial charge >= 0.3 is 0 Å². The maximum absolute atomic E-state index is 5.59. The van der Waals surface area contributed by atoms with Gasteiger partial charge in [0.1, 0.15) is 0 Å². The second-order valence-corrected chi connectivity index (χ2v) is 5.13. The molecule has 48 valence electrons. The zero-order valence-electron chi connectivity index (χ0n) is 5.94. The van der Waals surface area contributed by atoms with E-state index in [0.717, 1.165) is 0 Å². The smallest absolute Gasteiger partial charge is 0.0674 e. The van der Waals surface area contributed by atoms with Crippen LogP contribution in [0.4, 0.5) is 0 Å². The molecule has 8 heavy (non-hydrogen) atoms. The van der Waals surface area contributed by atoms with Crippen molar-refractivity contribution in [1.82, 2.24) is 0 Å². The molecule has 0 aliphatic heterocycles. The predicted octanol–water partition coefficient (Wildman–Crippen LogP) is 0.384. The maximum atomic E-state index is 5.59. The van der Waals surface area contributed by atoms with Crippen LogP contribution in [0.2, 0.25) is 0 Å². The summed E-state index contributed by atoms with van der Waals surface area (Å²) >= 11 is 0. The molecule has 0 saturated heterocycles. The van der Waals surface area contributed by atoms with Crippen molar-refractivity contribution in [2.24, 2.45) is 5.73 Å². The highest BCUT2D eigenvalue weighted by Gasteiger charge is 1.93. The Balaban J connectivity index is 3.39. The van der Waals surface area contributed by atoms with E-state index in [1.54, 1.807) is 0 Å². The molecule has 0 aliphatic carbocycles.